The molecule has 2 rings (SSSR count). The van der Waals surface area contributed by atoms with Crippen molar-refractivity contribution in [1.29, 1.82) is 0 Å². The van der Waals surface area contributed by atoms with E-state index in [1.165, 1.54) is 6.20 Å². The summed E-state index contributed by atoms with van der Waals surface area (Å²) in [6.07, 6.45) is 1.41. The molecule has 106 valence electrons. The molecule has 0 aliphatic carbocycles. The maximum absolute atomic E-state index is 12.6. The zero-order valence-electron chi connectivity index (χ0n) is 11.5. The van der Waals surface area contributed by atoms with E-state index in [-0.39, 0.29) is 10.9 Å². The van der Waals surface area contributed by atoms with Gasteiger partial charge < -0.3 is 10.2 Å². The van der Waals surface area contributed by atoms with E-state index >= 15 is 0 Å². The number of pyridine rings is 1. The topological polar surface area (TPSA) is 65.5 Å². The SMILES string of the molecule is CNc1ccc(S(=O)(=O)N2CCN(C)CC2C)cn1. The molecule has 0 bridgehead atoms. The van der Waals surface area contributed by atoms with Crippen LogP contribution in [-0.2, 0) is 10.0 Å². The van der Waals surface area contributed by atoms with Gasteiger partial charge in [-0.3, -0.25) is 0 Å². The van der Waals surface area contributed by atoms with Gasteiger partial charge in [0.2, 0.25) is 10.0 Å². The van der Waals surface area contributed by atoms with Crippen molar-refractivity contribution in [2.45, 2.75) is 17.9 Å². The fourth-order valence-corrected chi connectivity index (χ4v) is 3.86. The number of sulfonamides is 1. The first-order chi connectivity index (χ1) is 8.95. The van der Waals surface area contributed by atoms with Crippen molar-refractivity contribution >= 4 is 15.8 Å². The molecular weight excluding hydrogens is 264 g/mol. The molecule has 1 aliphatic heterocycles. The average molecular weight is 284 g/mol. The van der Waals surface area contributed by atoms with Gasteiger partial charge in [-0.1, -0.05) is 0 Å². The third-order valence-corrected chi connectivity index (χ3v) is 5.37. The monoisotopic (exact) mass is 284 g/mol. The van der Waals surface area contributed by atoms with Crippen LogP contribution >= 0.6 is 0 Å². The third-order valence-electron chi connectivity index (χ3n) is 3.37. The quantitative estimate of drug-likeness (QED) is 0.873. The molecule has 1 fully saturated rings. The Hall–Kier alpha value is -1.18. The Labute approximate surface area is 114 Å². The molecule has 0 radical (unpaired) electrons. The van der Waals surface area contributed by atoms with Gasteiger partial charge in [0.1, 0.15) is 10.7 Å². The molecule has 7 heteroatoms. The fraction of sp³-hybridized carbons (Fsp3) is 0.583. The molecule has 2 heterocycles. The van der Waals surface area contributed by atoms with Crippen molar-refractivity contribution in [3.8, 4) is 0 Å². The Morgan fingerprint density at radius 3 is 2.63 bits per heavy atom. The molecule has 1 aliphatic rings. The molecule has 1 N–H and O–H groups in total. The van der Waals surface area contributed by atoms with E-state index in [0.29, 0.717) is 12.4 Å². The first kappa shape index (κ1) is 14.2. The van der Waals surface area contributed by atoms with Gasteiger partial charge in [-0.15, -0.1) is 0 Å². The molecule has 0 saturated carbocycles. The van der Waals surface area contributed by atoms with Crippen LogP contribution < -0.4 is 5.32 Å². The highest BCUT2D eigenvalue weighted by atomic mass is 32.2. The summed E-state index contributed by atoms with van der Waals surface area (Å²) in [6.45, 7) is 3.96. The Balaban J connectivity index is 2.26. The average Bonchev–Trinajstić information content (AvgIpc) is 2.38. The van der Waals surface area contributed by atoms with E-state index in [2.05, 4.69) is 15.2 Å². The molecule has 1 aromatic rings. The lowest BCUT2D eigenvalue weighted by molar-refractivity contribution is 0.170. The minimum absolute atomic E-state index is 0.0206. The molecule has 1 unspecified atom stereocenters. The normalized spacial score (nSPS) is 22.4. The Bertz CT molecular complexity index is 529. The van der Waals surface area contributed by atoms with Gasteiger partial charge in [-0.25, -0.2) is 13.4 Å². The molecule has 6 nitrogen and oxygen atoms in total. The van der Waals surface area contributed by atoms with E-state index in [1.54, 1.807) is 23.5 Å². The Morgan fingerprint density at radius 2 is 2.11 bits per heavy atom. The van der Waals surface area contributed by atoms with Crippen molar-refractivity contribution in [1.82, 2.24) is 14.2 Å². The smallest absolute Gasteiger partial charge is 0.244 e. The molecule has 0 spiro atoms. The lowest BCUT2D eigenvalue weighted by Gasteiger charge is -2.37. The van der Waals surface area contributed by atoms with Crippen LogP contribution in [0.5, 0.6) is 0 Å². The van der Waals surface area contributed by atoms with Crippen molar-refractivity contribution in [3.05, 3.63) is 18.3 Å². The van der Waals surface area contributed by atoms with Crippen molar-refractivity contribution in [2.24, 2.45) is 0 Å². The van der Waals surface area contributed by atoms with E-state index in [4.69, 9.17) is 0 Å². The second-order valence-corrected chi connectivity index (χ2v) is 6.75. The molecule has 19 heavy (non-hydrogen) atoms. The number of rotatable bonds is 3. The first-order valence-corrected chi connectivity index (χ1v) is 7.73. The van der Waals surface area contributed by atoms with Gasteiger partial charge in [0.05, 0.1) is 0 Å². The second-order valence-electron chi connectivity index (χ2n) is 4.86. The minimum Gasteiger partial charge on any atom is -0.373 e. The van der Waals surface area contributed by atoms with Gasteiger partial charge in [-0.2, -0.15) is 4.31 Å². The summed E-state index contributed by atoms with van der Waals surface area (Å²) in [5.74, 6) is 0.658. The molecular formula is C12H20N4O2S. The standard InChI is InChI=1S/C12H20N4O2S/c1-10-9-15(3)6-7-16(10)19(17,18)11-4-5-12(13-2)14-8-11/h4-5,8,10H,6-7,9H2,1-3H3,(H,13,14). The number of aromatic nitrogens is 1. The summed E-state index contributed by atoms with van der Waals surface area (Å²) < 4.78 is 26.7. The van der Waals surface area contributed by atoms with Crippen molar-refractivity contribution in [2.75, 3.05) is 39.0 Å². The Kier molecular flexibility index (Phi) is 4.07. The number of nitrogens with one attached hydrogen (secondary N) is 1. The van der Waals surface area contributed by atoms with E-state index in [1.807, 2.05) is 14.0 Å². The van der Waals surface area contributed by atoms with E-state index < -0.39 is 10.0 Å². The molecule has 1 saturated heterocycles. The number of piperazine rings is 1. The van der Waals surface area contributed by atoms with Gasteiger partial charge in [0.25, 0.3) is 0 Å². The number of hydrogen-bond acceptors (Lipinski definition) is 5. The van der Waals surface area contributed by atoms with Crippen LogP contribution in [0.3, 0.4) is 0 Å². The summed E-state index contributed by atoms with van der Waals surface area (Å²) in [4.78, 5) is 6.46. The van der Waals surface area contributed by atoms with Gasteiger partial charge >= 0.3 is 0 Å². The molecule has 1 atom stereocenters. The predicted octanol–water partition coefficient (Wildman–Crippen LogP) is 0.448. The lowest BCUT2D eigenvalue weighted by atomic mass is 10.2. The van der Waals surface area contributed by atoms with Crippen LogP contribution in [0.2, 0.25) is 0 Å². The largest absolute Gasteiger partial charge is 0.373 e. The first-order valence-electron chi connectivity index (χ1n) is 6.29. The highest BCUT2D eigenvalue weighted by Crippen LogP contribution is 2.21. The molecule has 0 aromatic carbocycles. The highest BCUT2D eigenvalue weighted by Gasteiger charge is 2.32. The maximum Gasteiger partial charge on any atom is 0.244 e. The number of likely N-dealkylation sites (N-methyl/N-ethyl adjacent to an activating group) is 1. The van der Waals surface area contributed by atoms with Crippen LogP contribution in [0, 0.1) is 0 Å². The Morgan fingerprint density at radius 1 is 1.37 bits per heavy atom. The summed E-state index contributed by atoms with van der Waals surface area (Å²) in [5.41, 5.74) is 0. The lowest BCUT2D eigenvalue weighted by Crippen LogP contribution is -2.52. The van der Waals surface area contributed by atoms with Crippen molar-refractivity contribution < 1.29 is 8.42 Å². The van der Waals surface area contributed by atoms with Crippen LogP contribution in [-0.4, -0.2) is 62.4 Å². The zero-order chi connectivity index (χ0) is 14.0. The van der Waals surface area contributed by atoms with Gasteiger partial charge in [-0.05, 0) is 26.1 Å². The highest BCUT2D eigenvalue weighted by molar-refractivity contribution is 7.89. The van der Waals surface area contributed by atoms with E-state index in [0.717, 1.165) is 13.1 Å². The number of hydrogen-bond donors (Lipinski definition) is 1. The van der Waals surface area contributed by atoms with Gasteiger partial charge in [0, 0.05) is 38.9 Å². The predicted molar refractivity (Wildman–Crippen MR) is 74.6 cm³/mol. The summed E-state index contributed by atoms with van der Waals surface area (Å²) in [6, 6.07) is 3.25. The summed E-state index contributed by atoms with van der Waals surface area (Å²) >= 11 is 0. The maximum atomic E-state index is 12.6. The molecule has 0 amide bonds. The minimum atomic E-state index is -3.44. The van der Waals surface area contributed by atoms with E-state index in [9.17, 15) is 8.42 Å². The second kappa shape index (κ2) is 5.44. The van der Waals surface area contributed by atoms with Crippen LogP contribution in [0.15, 0.2) is 23.2 Å². The van der Waals surface area contributed by atoms with Crippen molar-refractivity contribution in [3.63, 3.8) is 0 Å². The van der Waals surface area contributed by atoms with Gasteiger partial charge in [0.15, 0.2) is 0 Å². The molecule has 1 aromatic heterocycles. The third kappa shape index (κ3) is 2.88. The number of nitrogens with zero attached hydrogens (tertiary/aromatic N) is 3. The summed E-state index contributed by atoms with van der Waals surface area (Å²) in [7, 11) is 0.310. The zero-order valence-corrected chi connectivity index (χ0v) is 12.3. The van der Waals surface area contributed by atoms with Crippen LogP contribution in [0.25, 0.3) is 0 Å². The van der Waals surface area contributed by atoms with Crippen LogP contribution in [0.1, 0.15) is 6.92 Å². The fourth-order valence-electron chi connectivity index (χ4n) is 2.30. The summed E-state index contributed by atoms with van der Waals surface area (Å²) in [5, 5.41) is 2.87. The number of anilines is 1. The van der Waals surface area contributed by atoms with Crippen LogP contribution in [0.4, 0.5) is 5.82 Å².